The van der Waals surface area contributed by atoms with Gasteiger partial charge in [0.25, 0.3) is 0 Å². The summed E-state index contributed by atoms with van der Waals surface area (Å²) in [6, 6.07) is -1.25. The Balaban J connectivity index is 2.13. The van der Waals surface area contributed by atoms with Gasteiger partial charge in [-0.1, -0.05) is 0 Å². The number of piperidine rings is 1. The van der Waals surface area contributed by atoms with Crippen molar-refractivity contribution in [2.24, 2.45) is 0 Å². The van der Waals surface area contributed by atoms with Crippen LogP contribution in [0.5, 0.6) is 0 Å². The number of hydrogen-bond donors (Lipinski definition) is 1. The number of methoxy groups -OCH3 is 1. The average molecular weight is 358 g/mol. The second kappa shape index (κ2) is 7.63. The molecule has 0 bridgehead atoms. The zero-order chi connectivity index (χ0) is 17.9. The highest BCUT2D eigenvalue weighted by molar-refractivity contribution is 7.99. The number of nitrogens with one attached hydrogen (secondary N) is 1. The van der Waals surface area contributed by atoms with Crippen LogP contribution in [0.2, 0.25) is 0 Å². The average Bonchev–Trinajstić information content (AvgIpc) is 2.64. The lowest BCUT2D eigenvalue weighted by Crippen LogP contribution is -2.57. The van der Waals surface area contributed by atoms with E-state index in [1.165, 1.54) is 7.11 Å². The number of nitrogens with zero attached hydrogens (tertiary/aromatic N) is 1. The van der Waals surface area contributed by atoms with Crippen molar-refractivity contribution in [3.63, 3.8) is 0 Å². The van der Waals surface area contributed by atoms with Gasteiger partial charge in [-0.3, -0.25) is 4.79 Å². The molecule has 2 heterocycles. The number of ether oxygens (including phenoxy) is 2. The van der Waals surface area contributed by atoms with E-state index in [0.29, 0.717) is 12.8 Å². The molecule has 0 radical (unpaired) electrons. The summed E-state index contributed by atoms with van der Waals surface area (Å²) in [5.41, 5.74) is -0.630. The lowest BCUT2D eigenvalue weighted by atomic mass is 10.0. The molecule has 0 aromatic carbocycles. The molecule has 0 aliphatic carbocycles. The first-order chi connectivity index (χ1) is 11.2. The zero-order valence-electron chi connectivity index (χ0n) is 14.7. The van der Waals surface area contributed by atoms with Gasteiger partial charge < -0.3 is 19.7 Å². The van der Waals surface area contributed by atoms with Gasteiger partial charge >= 0.3 is 12.1 Å². The van der Waals surface area contributed by atoms with Gasteiger partial charge in [0.1, 0.15) is 17.7 Å². The van der Waals surface area contributed by atoms with Crippen LogP contribution in [0, 0.1) is 0 Å². The fourth-order valence-corrected chi connectivity index (χ4v) is 4.39. The van der Waals surface area contributed by atoms with Crippen LogP contribution in [-0.4, -0.2) is 58.8 Å². The number of rotatable bonds is 2. The first kappa shape index (κ1) is 18.9. The summed E-state index contributed by atoms with van der Waals surface area (Å²) >= 11 is 1.65. The summed E-state index contributed by atoms with van der Waals surface area (Å²) in [6.07, 6.45) is 2.23. The molecule has 2 amide bonds. The van der Waals surface area contributed by atoms with Crippen LogP contribution in [0.4, 0.5) is 4.79 Å². The lowest BCUT2D eigenvalue weighted by molar-refractivity contribution is -0.156. The fraction of sp³-hybridized carbons (Fsp3) is 0.812. The number of alkyl carbamates (subject to hydrolysis) is 1. The van der Waals surface area contributed by atoms with Crippen LogP contribution in [-0.2, 0) is 19.1 Å². The van der Waals surface area contributed by atoms with Crippen molar-refractivity contribution in [3.05, 3.63) is 0 Å². The smallest absolute Gasteiger partial charge is 0.408 e. The normalized spacial score (nSPS) is 27.8. The Morgan fingerprint density at radius 3 is 2.58 bits per heavy atom. The maximum atomic E-state index is 12.9. The molecule has 0 saturated carbocycles. The third-order valence-electron chi connectivity index (χ3n) is 4.01. The highest BCUT2D eigenvalue weighted by Crippen LogP contribution is 2.34. The number of esters is 1. The van der Waals surface area contributed by atoms with Gasteiger partial charge in [-0.2, -0.15) is 0 Å². The van der Waals surface area contributed by atoms with Crippen LogP contribution in [0.1, 0.15) is 46.5 Å². The van der Waals surface area contributed by atoms with E-state index in [1.807, 2.05) is 0 Å². The topological polar surface area (TPSA) is 84.9 Å². The molecule has 0 spiro atoms. The molecule has 2 aliphatic rings. The molecule has 8 heteroatoms. The van der Waals surface area contributed by atoms with Crippen molar-refractivity contribution >= 4 is 29.7 Å². The van der Waals surface area contributed by atoms with Crippen molar-refractivity contribution in [2.45, 2.75) is 69.5 Å². The van der Waals surface area contributed by atoms with Crippen molar-refractivity contribution in [1.82, 2.24) is 10.2 Å². The molecule has 2 fully saturated rings. The Hall–Kier alpha value is -1.44. The predicted molar refractivity (Wildman–Crippen MR) is 90.5 cm³/mol. The van der Waals surface area contributed by atoms with Crippen LogP contribution >= 0.6 is 11.8 Å². The molecule has 0 aromatic rings. The minimum atomic E-state index is -0.678. The quantitative estimate of drug-likeness (QED) is 0.759. The summed E-state index contributed by atoms with van der Waals surface area (Å²) in [6.45, 7) is 5.31. The first-order valence-electron chi connectivity index (χ1n) is 8.24. The number of hydrogen-bond acceptors (Lipinski definition) is 6. The Bertz CT molecular complexity index is 505. The van der Waals surface area contributed by atoms with Crippen LogP contribution < -0.4 is 5.32 Å². The number of carbonyl (C=O) groups excluding carboxylic acids is 3. The summed E-state index contributed by atoms with van der Waals surface area (Å²) in [7, 11) is 1.33. The van der Waals surface area contributed by atoms with Crippen LogP contribution in [0.25, 0.3) is 0 Å². The van der Waals surface area contributed by atoms with Crippen LogP contribution in [0.3, 0.4) is 0 Å². The van der Waals surface area contributed by atoms with E-state index in [4.69, 9.17) is 9.47 Å². The second-order valence-corrected chi connectivity index (χ2v) is 8.31. The lowest BCUT2D eigenvalue weighted by Gasteiger charge is -2.40. The molecule has 136 valence electrons. The molecular weight excluding hydrogens is 332 g/mol. The number of thioether (sulfide) groups is 1. The summed E-state index contributed by atoms with van der Waals surface area (Å²) in [5.74, 6) is 0.110. The van der Waals surface area contributed by atoms with Crippen molar-refractivity contribution < 1.29 is 23.9 Å². The SMILES string of the molecule is COC(=O)[C@@H]1CCC[C@@H]2SCC[C@H](NC(=O)OC(C)(C)C)C(=O)N21. The molecule has 2 saturated heterocycles. The third-order valence-corrected chi connectivity index (χ3v) is 5.33. The molecule has 3 atom stereocenters. The number of fused-ring (bicyclic) bond motifs is 1. The molecule has 24 heavy (non-hydrogen) atoms. The van der Waals surface area contributed by atoms with E-state index in [1.54, 1.807) is 37.4 Å². The van der Waals surface area contributed by atoms with E-state index < -0.39 is 29.7 Å². The summed E-state index contributed by atoms with van der Waals surface area (Å²) in [5, 5.41) is 2.62. The largest absolute Gasteiger partial charge is 0.467 e. The minimum Gasteiger partial charge on any atom is -0.467 e. The Kier molecular flexibility index (Phi) is 6.01. The van der Waals surface area contributed by atoms with E-state index in [9.17, 15) is 14.4 Å². The monoisotopic (exact) mass is 358 g/mol. The van der Waals surface area contributed by atoms with Crippen molar-refractivity contribution in [1.29, 1.82) is 0 Å². The highest BCUT2D eigenvalue weighted by Gasteiger charge is 2.43. The number of carbonyl (C=O) groups is 3. The molecule has 1 N–H and O–H groups in total. The van der Waals surface area contributed by atoms with Crippen molar-refractivity contribution in [2.75, 3.05) is 12.9 Å². The van der Waals surface area contributed by atoms with Crippen molar-refractivity contribution in [3.8, 4) is 0 Å². The molecule has 0 aromatic heterocycles. The standard InChI is InChI=1S/C16H26N2O5S/c1-16(2,3)23-15(21)17-10-8-9-24-12-7-5-6-11(14(20)22-4)18(12)13(10)19/h10-12H,5-9H2,1-4H3,(H,17,21)/t10-,11-,12-/m0/s1. The second-order valence-electron chi connectivity index (χ2n) is 7.03. The van der Waals surface area contributed by atoms with Gasteiger partial charge in [0.15, 0.2) is 0 Å². The van der Waals surface area contributed by atoms with E-state index in [-0.39, 0.29) is 11.3 Å². The molecule has 2 rings (SSSR count). The van der Waals surface area contributed by atoms with Gasteiger partial charge in [0, 0.05) is 0 Å². The van der Waals surface area contributed by atoms with Gasteiger partial charge in [-0.25, -0.2) is 9.59 Å². The minimum absolute atomic E-state index is 0.0409. The predicted octanol–water partition coefficient (Wildman–Crippen LogP) is 1.90. The van der Waals surface area contributed by atoms with Gasteiger partial charge in [0.2, 0.25) is 5.91 Å². The maximum absolute atomic E-state index is 12.9. The Labute approximate surface area is 146 Å². The third kappa shape index (κ3) is 4.55. The zero-order valence-corrected chi connectivity index (χ0v) is 15.5. The molecular formula is C16H26N2O5S. The fourth-order valence-electron chi connectivity index (χ4n) is 3.00. The molecule has 0 unspecified atom stereocenters. The van der Waals surface area contributed by atoms with Crippen LogP contribution in [0.15, 0.2) is 0 Å². The Morgan fingerprint density at radius 1 is 1.25 bits per heavy atom. The summed E-state index contributed by atoms with van der Waals surface area (Å²) in [4.78, 5) is 38.6. The molecule has 7 nitrogen and oxygen atoms in total. The van der Waals surface area contributed by atoms with Gasteiger partial charge in [-0.05, 0) is 52.2 Å². The van der Waals surface area contributed by atoms with E-state index >= 15 is 0 Å². The first-order valence-corrected chi connectivity index (χ1v) is 9.29. The highest BCUT2D eigenvalue weighted by atomic mass is 32.2. The van der Waals surface area contributed by atoms with E-state index in [0.717, 1.165) is 18.6 Å². The number of amides is 2. The summed E-state index contributed by atoms with van der Waals surface area (Å²) < 4.78 is 10.1. The van der Waals surface area contributed by atoms with E-state index in [2.05, 4.69) is 5.32 Å². The molecule has 2 aliphatic heterocycles. The maximum Gasteiger partial charge on any atom is 0.408 e. The van der Waals surface area contributed by atoms with Gasteiger partial charge in [0.05, 0.1) is 12.5 Å². The van der Waals surface area contributed by atoms with Gasteiger partial charge in [-0.15, -0.1) is 11.8 Å². The Morgan fingerprint density at radius 2 is 1.96 bits per heavy atom.